The Balaban J connectivity index is 2.30. The van der Waals surface area contributed by atoms with Crippen LogP contribution in [0.3, 0.4) is 0 Å². The molecule has 0 saturated heterocycles. The first-order valence-electron chi connectivity index (χ1n) is 4.95. The van der Waals surface area contributed by atoms with Gasteiger partial charge in [0.25, 0.3) is 0 Å². The zero-order valence-corrected chi connectivity index (χ0v) is 8.14. The lowest BCUT2D eigenvalue weighted by molar-refractivity contribution is 0.586. The third-order valence-corrected chi connectivity index (χ3v) is 2.95. The Labute approximate surface area is 83.2 Å². The largest absolute Gasteiger partial charge is 0.330 e. The number of fused-ring (bicyclic) bond motifs is 3. The molecule has 2 heterocycles. The number of benzene rings is 1. The van der Waals surface area contributed by atoms with E-state index in [-0.39, 0.29) is 0 Å². The molecule has 1 atom stereocenters. The van der Waals surface area contributed by atoms with E-state index in [0.29, 0.717) is 5.92 Å². The van der Waals surface area contributed by atoms with Crippen LogP contribution in [0.15, 0.2) is 36.8 Å². The van der Waals surface area contributed by atoms with Crippen LogP contribution in [0.5, 0.6) is 0 Å². The first-order chi connectivity index (χ1) is 6.86. The molecule has 0 amide bonds. The molecule has 2 nitrogen and oxygen atoms in total. The van der Waals surface area contributed by atoms with Crippen LogP contribution in [-0.2, 0) is 6.54 Å². The molecule has 2 heteroatoms. The molecule has 1 aromatic heterocycles. The van der Waals surface area contributed by atoms with Crippen molar-refractivity contribution in [2.75, 3.05) is 0 Å². The molecule has 1 aliphatic heterocycles. The zero-order valence-electron chi connectivity index (χ0n) is 8.14. The predicted molar refractivity (Wildman–Crippen MR) is 56.1 cm³/mol. The Morgan fingerprint density at radius 2 is 2.21 bits per heavy atom. The highest BCUT2D eigenvalue weighted by atomic mass is 15.1. The molecule has 0 aliphatic carbocycles. The van der Waals surface area contributed by atoms with Gasteiger partial charge in [0.2, 0.25) is 0 Å². The molecule has 0 N–H and O–H groups in total. The van der Waals surface area contributed by atoms with Gasteiger partial charge < -0.3 is 4.57 Å². The van der Waals surface area contributed by atoms with E-state index in [1.165, 1.54) is 16.8 Å². The van der Waals surface area contributed by atoms with Crippen LogP contribution in [0.25, 0.3) is 11.3 Å². The molecular weight excluding hydrogens is 172 g/mol. The highest BCUT2D eigenvalue weighted by Crippen LogP contribution is 2.34. The minimum absolute atomic E-state index is 0.591. The van der Waals surface area contributed by atoms with Crippen molar-refractivity contribution in [3.8, 4) is 11.3 Å². The van der Waals surface area contributed by atoms with E-state index in [4.69, 9.17) is 0 Å². The third kappa shape index (κ3) is 0.939. The van der Waals surface area contributed by atoms with Gasteiger partial charge in [-0.1, -0.05) is 31.2 Å². The fourth-order valence-corrected chi connectivity index (χ4v) is 2.24. The van der Waals surface area contributed by atoms with Crippen LogP contribution in [0.1, 0.15) is 18.4 Å². The third-order valence-electron chi connectivity index (χ3n) is 2.95. The number of rotatable bonds is 0. The highest BCUT2D eigenvalue weighted by molar-refractivity contribution is 5.66. The lowest BCUT2D eigenvalue weighted by Crippen LogP contribution is -2.13. The summed E-state index contributed by atoms with van der Waals surface area (Å²) in [7, 11) is 0. The van der Waals surface area contributed by atoms with E-state index in [1.807, 2.05) is 12.5 Å². The average Bonchev–Trinajstić information content (AvgIpc) is 2.66. The zero-order chi connectivity index (χ0) is 9.54. The quantitative estimate of drug-likeness (QED) is 0.615. The summed E-state index contributed by atoms with van der Waals surface area (Å²) in [5, 5.41) is 0. The molecule has 0 bridgehead atoms. The second-order valence-corrected chi connectivity index (χ2v) is 3.92. The van der Waals surface area contributed by atoms with Gasteiger partial charge in [-0.15, -0.1) is 0 Å². The molecule has 14 heavy (non-hydrogen) atoms. The summed E-state index contributed by atoms with van der Waals surface area (Å²) in [6.07, 6.45) is 3.87. The van der Waals surface area contributed by atoms with Crippen molar-refractivity contribution in [1.29, 1.82) is 0 Å². The van der Waals surface area contributed by atoms with Crippen LogP contribution >= 0.6 is 0 Å². The van der Waals surface area contributed by atoms with E-state index in [1.54, 1.807) is 0 Å². The van der Waals surface area contributed by atoms with Gasteiger partial charge in [0, 0.05) is 12.1 Å². The molecule has 2 aromatic rings. The van der Waals surface area contributed by atoms with E-state index in [9.17, 15) is 0 Å². The predicted octanol–water partition coefficient (Wildman–Crippen LogP) is 2.67. The van der Waals surface area contributed by atoms with Crippen LogP contribution in [-0.4, -0.2) is 9.55 Å². The fourth-order valence-electron chi connectivity index (χ4n) is 2.24. The molecule has 1 aromatic carbocycles. The van der Waals surface area contributed by atoms with Crippen molar-refractivity contribution in [2.45, 2.75) is 19.4 Å². The summed E-state index contributed by atoms with van der Waals surface area (Å²) in [4.78, 5) is 4.20. The maximum absolute atomic E-state index is 4.20. The number of nitrogens with zero attached hydrogens (tertiary/aromatic N) is 2. The van der Waals surface area contributed by atoms with Crippen LogP contribution in [0.2, 0.25) is 0 Å². The van der Waals surface area contributed by atoms with Gasteiger partial charge in [-0.3, -0.25) is 0 Å². The SMILES string of the molecule is CC1Cn2cncc2-c2ccccc21. The number of aromatic nitrogens is 2. The normalized spacial score (nSPS) is 18.8. The Hall–Kier alpha value is -1.57. The minimum atomic E-state index is 0.591. The summed E-state index contributed by atoms with van der Waals surface area (Å²) < 4.78 is 2.23. The van der Waals surface area contributed by atoms with Crippen molar-refractivity contribution in [2.24, 2.45) is 0 Å². The van der Waals surface area contributed by atoms with Crippen molar-refractivity contribution in [1.82, 2.24) is 9.55 Å². The van der Waals surface area contributed by atoms with Crippen LogP contribution in [0.4, 0.5) is 0 Å². The maximum atomic E-state index is 4.20. The number of imidazole rings is 1. The fraction of sp³-hybridized carbons (Fsp3) is 0.250. The smallest absolute Gasteiger partial charge is 0.0951 e. The van der Waals surface area contributed by atoms with Gasteiger partial charge in [0.1, 0.15) is 0 Å². The molecule has 0 fully saturated rings. The summed E-state index contributed by atoms with van der Waals surface area (Å²) in [6, 6.07) is 8.60. The van der Waals surface area contributed by atoms with Gasteiger partial charge in [0.15, 0.2) is 0 Å². The van der Waals surface area contributed by atoms with E-state index in [2.05, 4.69) is 40.7 Å². The van der Waals surface area contributed by atoms with Crippen LogP contribution < -0.4 is 0 Å². The van der Waals surface area contributed by atoms with Crippen molar-refractivity contribution >= 4 is 0 Å². The van der Waals surface area contributed by atoms with Gasteiger partial charge in [-0.2, -0.15) is 0 Å². The van der Waals surface area contributed by atoms with Gasteiger partial charge >= 0.3 is 0 Å². The molecule has 3 rings (SSSR count). The first kappa shape index (κ1) is 7.80. The van der Waals surface area contributed by atoms with Gasteiger partial charge in [0.05, 0.1) is 18.2 Å². The number of hydrogen-bond donors (Lipinski definition) is 0. The average molecular weight is 184 g/mol. The lowest BCUT2D eigenvalue weighted by Gasteiger charge is -2.24. The van der Waals surface area contributed by atoms with Gasteiger partial charge in [-0.25, -0.2) is 4.98 Å². The lowest BCUT2D eigenvalue weighted by atomic mass is 9.91. The molecule has 0 radical (unpaired) electrons. The van der Waals surface area contributed by atoms with E-state index >= 15 is 0 Å². The molecule has 0 spiro atoms. The Morgan fingerprint density at radius 1 is 1.36 bits per heavy atom. The summed E-state index contributed by atoms with van der Waals surface area (Å²) in [6.45, 7) is 3.31. The highest BCUT2D eigenvalue weighted by Gasteiger charge is 2.20. The Bertz CT molecular complexity index is 471. The minimum Gasteiger partial charge on any atom is -0.330 e. The summed E-state index contributed by atoms with van der Waals surface area (Å²) in [5.74, 6) is 0.591. The van der Waals surface area contributed by atoms with E-state index < -0.39 is 0 Å². The standard InChI is InChI=1S/C12H12N2/c1-9-7-14-8-13-6-12(14)11-5-3-2-4-10(9)11/h2-6,8-9H,7H2,1H3. The van der Waals surface area contributed by atoms with E-state index in [0.717, 1.165) is 6.54 Å². The first-order valence-corrected chi connectivity index (χ1v) is 4.95. The maximum Gasteiger partial charge on any atom is 0.0951 e. The summed E-state index contributed by atoms with van der Waals surface area (Å²) in [5.41, 5.74) is 4.03. The molecule has 1 unspecified atom stereocenters. The molecule has 1 aliphatic rings. The Kier molecular flexibility index (Phi) is 1.51. The van der Waals surface area contributed by atoms with Crippen molar-refractivity contribution in [3.63, 3.8) is 0 Å². The topological polar surface area (TPSA) is 17.8 Å². The molecular formula is C12H12N2. The summed E-state index contributed by atoms with van der Waals surface area (Å²) >= 11 is 0. The second-order valence-electron chi connectivity index (χ2n) is 3.92. The monoisotopic (exact) mass is 184 g/mol. The molecule has 70 valence electrons. The molecule has 0 saturated carbocycles. The number of hydrogen-bond acceptors (Lipinski definition) is 1. The van der Waals surface area contributed by atoms with Gasteiger partial charge in [-0.05, 0) is 11.5 Å². The van der Waals surface area contributed by atoms with Crippen LogP contribution in [0, 0.1) is 0 Å². The second kappa shape index (κ2) is 2.71. The van der Waals surface area contributed by atoms with Crippen molar-refractivity contribution in [3.05, 3.63) is 42.4 Å². The van der Waals surface area contributed by atoms with Crippen molar-refractivity contribution < 1.29 is 0 Å². The Morgan fingerprint density at radius 3 is 3.14 bits per heavy atom.